The molecule has 0 aliphatic heterocycles. The normalized spacial score (nSPS) is 11.6. The van der Waals surface area contributed by atoms with Crippen LogP contribution >= 0.6 is 0 Å². The van der Waals surface area contributed by atoms with Gasteiger partial charge in [-0.15, -0.1) is 0 Å². The Morgan fingerprint density at radius 2 is 1.33 bits per heavy atom. The van der Waals surface area contributed by atoms with Crippen LogP contribution in [0.25, 0.3) is 0 Å². The molecule has 0 atom stereocenters. The van der Waals surface area contributed by atoms with Crippen molar-refractivity contribution in [1.29, 1.82) is 0 Å². The SMILES string of the molecule is O=[N+]([O-])c1cc(C(F)(F)F)cc([N+](=O)[O-])c1S(=O)(=O)[O-].[Na+]. The fourth-order valence-corrected chi connectivity index (χ4v) is 2.07. The van der Waals surface area contributed by atoms with Gasteiger partial charge in [-0.05, 0) is 0 Å². The molecule has 0 radical (unpaired) electrons. The van der Waals surface area contributed by atoms with Crippen molar-refractivity contribution in [2.45, 2.75) is 11.1 Å². The van der Waals surface area contributed by atoms with Gasteiger partial charge in [-0.3, -0.25) is 20.2 Å². The van der Waals surface area contributed by atoms with Gasteiger partial charge < -0.3 is 4.55 Å². The molecule has 0 amide bonds. The number of alkyl halides is 3. The van der Waals surface area contributed by atoms with Gasteiger partial charge in [0.25, 0.3) is 11.4 Å². The van der Waals surface area contributed by atoms with Crippen LogP contribution in [-0.4, -0.2) is 22.8 Å². The zero-order valence-electron chi connectivity index (χ0n) is 9.95. The number of nitro benzene ring substituents is 2. The van der Waals surface area contributed by atoms with Crippen LogP contribution in [0.1, 0.15) is 5.56 Å². The van der Waals surface area contributed by atoms with Crippen molar-refractivity contribution in [3.05, 3.63) is 37.9 Å². The molecule has 1 rings (SSSR count). The standard InChI is InChI=1S/C7H3F3N2O7S.Na/c8-7(9,10)3-1-4(11(13)14)6(20(17,18)19)5(2-3)12(15)16;/h1-2H,(H,17,18,19);/q;+1/p-1. The number of hydrogen-bond donors (Lipinski definition) is 0. The number of hydrogen-bond acceptors (Lipinski definition) is 7. The van der Waals surface area contributed by atoms with E-state index in [1.807, 2.05) is 0 Å². The second kappa shape index (κ2) is 6.23. The average Bonchev–Trinajstić information content (AvgIpc) is 2.24. The van der Waals surface area contributed by atoms with Crippen molar-refractivity contribution in [3.63, 3.8) is 0 Å². The molecular weight excluding hydrogens is 336 g/mol. The molecule has 0 saturated heterocycles. The van der Waals surface area contributed by atoms with Crippen molar-refractivity contribution < 1.29 is 65.5 Å². The summed E-state index contributed by atoms with van der Waals surface area (Å²) in [6, 6.07) is -0.504. The fourth-order valence-electron chi connectivity index (χ4n) is 1.29. The fraction of sp³-hybridized carbons (Fsp3) is 0.143. The Labute approximate surface area is 136 Å². The molecule has 1 aromatic carbocycles. The summed E-state index contributed by atoms with van der Waals surface area (Å²) in [7, 11) is -5.72. The van der Waals surface area contributed by atoms with Gasteiger partial charge in [0.15, 0.2) is 0 Å². The van der Waals surface area contributed by atoms with Crippen LogP contribution in [0, 0.1) is 20.2 Å². The van der Waals surface area contributed by atoms with E-state index in [4.69, 9.17) is 0 Å². The third kappa shape index (κ3) is 4.34. The molecule has 0 N–H and O–H groups in total. The van der Waals surface area contributed by atoms with Crippen LogP contribution in [0.3, 0.4) is 0 Å². The molecule has 110 valence electrons. The van der Waals surface area contributed by atoms with Crippen molar-refractivity contribution >= 4 is 21.5 Å². The van der Waals surface area contributed by atoms with E-state index in [0.717, 1.165) is 0 Å². The largest absolute Gasteiger partial charge is 1.00 e. The Bertz CT molecular complexity index is 668. The van der Waals surface area contributed by atoms with Crippen molar-refractivity contribution in [1.82, 2.24) is 0 Å². The van der Waals surface area contributed by atoms with E-state index in [9.17, 15) is 46.4 Å². The van der Waals surface area contributed by atoms with Crippen molar-refractivity contribution in [3.8, 4) is 0 Å². The van der Waals surface area contributed by atoms with Crippen LogP contribution in [-0.2, 0) is 16.3 Å². The molecule has 0 unspecified atom stereocenters. The second-order valence-electron chi connectivity index (χ2n) is 3.31. The molecule has 0 aliphatic rings. The third-order valence-corrected chi connectivity index (χ3v) is 2.94. The minimum absolute atomic E-state index is 0. The maximum absolute atomic E-state index is 12.4. The second-order valence-corrected chi connectivity index (χ2v) is 4.63. The van der Waals surface area contributed by atoms with Gasteiger partial charge in [0, 0.05) is 12.1 Å². The first-order valence-corrected chi connectivity index (χ1v) is 5.76. The summed E-state index contributed by atoms with van der Waals surface area (Å²) in [6.07, 6.45) is -5.19. The molecule has 9 nitrogen and oxygen atoms in total. The van der Waals surface area contributed by atoms with Crippen LogP contribution in [0.4, 0.5) is 24.5 Å². The summed E-state index contributed by atoms with van der Waals surface area (Å²) >= 11 is 0. The van der Waals surface area contributed by atoms with E-state index < -0.39 is 48.0 Å². The van der Waals surface area contributed by atoms with E-state index in [0.29, 0.717) is 0 Å². The third-order valence-electron chi connectivity index (χ3n) is 2.02. The minimum atomic E-state index is -5.72. The maximum atomic E-state index is 12.4. The Morgan fingerprint density at radius 1 is 1.00 bits per heavy atom. The molecule has 0 saturated carbocycles. The summed E-state index contributed by atoms with van der Waals surface area (Å²) in [4.78, 5) is 15.9. The predicted molar refractivity (Wildman–Crippen MR) is 52.7 cm³/mol. The number of benzene rings is 1. The monoisotopic (exact) mass is 338 g/mol. The molecular formula is C7H2F3N2NaO7S. The molecule has 0 heterocycles. The van der Waals surface area contributed by atoms with Crippen molar-refractivity contribution in [2.75, 3.05) is 0 Å². The average molecular weight is 338 g/mol. The molecule has 21 heavy (non-hydrogen) atoms. The summed E-state index contributed by atoms with van der Waals surface area (Å²) < 4.78 is 69.7. The summed E-state index contributed by atoms with van der Waals surface area (Å²) in [5.74, 6) is 0. The van der Waals surface area contributed by atoms with E-state index in [1.165, 1.54) is 0 Å². The van der Waals surface area contributed by atoms with Crippen molar-refractivity contribution in [2.24, 2.45) is 0 Å². The number of rotatable bonds is 3. The molecule has 0 aromatic heterocycles. The van der Waals surface area contributed by atoms with E-state index >= 15 is 0 Å². The number of nitrogens with zero attached hydrogens (tertiary/aromatic N) is 2. The first-order chi connectivity index (χ1) is 8.85. The topological polar surface area (TPSA) is 143 Å². The van der Waals surface area contributed by atoms with Crippen LogP contribution in [0.5, 0.6) is 0 Å². The molecule has 0 bridgehead atoms. The first kappa shape index (κ1) is 19.7. The van der Waals surface area contributed by atoms with Gasteiger partial charge >= 0.3 is 35.7 Å². The Kier molecular flexibility index (Phi) is 5.85. The van der Waals surface area contributed by atoms with E-state index in [1.54, 1.807) is 0 Å². The number of nitro groups is 2. The quantitative estimate of drug-likeness (QED) is 0.280. The molecule has 1 aromatic rings. The Balaban J connectivity index is 0.00000400. The molecule has 0 aliphatic carbocycles. The van der Waals surface area contributed by atoms with Gasteiger partial charge in [0.2, 0.25) is 4.90 Å². The van der Waals surface area contributed by atoms with Crippen LogP contribution in [0.15, 0.2) is 17.0 Å². The predicted octanol–water partition coefficient (Wildman–Crippen LogP) is -1.57. The van der Waals surface area contributed by atoms with Gasteiger partial charge in [-0.1, -0.05) is 0 Å². The van der Waals surface area contributed by atoms with E-state index in [-0.39, 0.29) is 41.7 Å². The smallest absolute Gasteiger partial charge is 0.744 e. The zero-order valence-corrected chi connectivity index (χ0v) is 12.8. The molecule has 0 fully saturated rings. The summed E-state index contributed by atoms with van der Waals surface area (Å²) in [5, 5.41) is 21.1. The van der Waals surface area contributed by atoms with Gasteiger partial charge in [-0.2, -0.15) is 13.2 Å². The summed E-state index contributed by atoms with van der Waals surface area (Å²) in [5.41, 5.74) is -5.42. The van der Waals surface area contributed by atoms with Gasteiger partial charge in [0.05, 0.1) is 15.4 Å². The van der Waals surface area contributed by atoms with Crippen LogP contribution < -0.4 is 29.6 Å². The summed E-state index contributed by atoms with van der Waals surface area (Å²) in [6.45, 7) is 0. The van der Waals surface area contributed by atoms with Crippen LogP contribution in [0.2, 0.25) is 0 Å². The maximum Gasteiger partial charge on any atom is 1.00 e. The van der Waals surface area contributed by atoms with E-state index in [2.05, 4.69) is 0 Å². The van der Waals surface area contributed by atoms with Gasteiger partial charge in [-0.25, -0.2) is 8.42 Å². The van der Waals surface area contributed by atoms with Gasteiger partial charge in [0.1, 0.15) is 10.1 Å². The zero-order chi connectivity index (χ0) is 15.9. The Morgan fingerprint density at radius 3 is 1.52 bits per heavy atom. The number of halogens is 3. The first-order valence-electron chi connectivity index (χ1n) is 4.35. The Hall–Kier alpha value is -1.28. The molecule has 0 spiro atoms. The minimum Gasteiger partial charge on any atom is -0.744 e. The molecule has 14 heteroatoms.